The molecule has 1 heterocycles. The van der Waals surface area contributed by atoms with Crippen LogP contribution in [-0.2, 0) is 4.74 Å². The van der Waals surface area contributed by atoms with E-state index in [9.17, 15) is 4.79 Å². The van der Waals surface area contributed by atoms with E-state index in [1.165, 1.54) is 5.01 Å². The first-order valence-corrected chi connectivity index (χ1v) is 4.83. The van der Waals surface area contributed by atoms with Gasteiger partial charge in [0.25, 0.3) is 0 Å². The van der Waals surface area contributed by atoms with Gasteiger partial charge in [-0.25, -0.2) is 4.79 Å². The molecule has 84 valence electrons. The first-order chi connectivity index (χ1) is 7.09. The molecule has 0 radical (unpaired) electrons. The van der Waals surface area contributed by atoms with Crippen LogP contribution >= 0.6 is 0 Å². The van der Waals surface area contributed by atoms with Gasteiger partial charge in [-0.3, -0.25) is 5.43 Å². The van der Waals surface area contributed by atoms with E-state index in [4.69, 9.17) is 4.74 Å². The van der Waals surface area contributed by atoms with Gasteiger partial charge < -0.3 is 9.64 Å². The van der Waals surface area contributed by atoms with Crippen LogP contribution < -0.4 is 5.43 Å². The van der Waals surface area contributed by atoms with Gasteiger partial charge in [-0.05, 0) is 33.2 Å². The Kier molecular flexibility index (Phi) is 4.17. The largest absolute Gasteiger partial charge is 0.444 e. The van der Waals surface area contributed by atoms with Crippen LogP contribution in [0.5, 0.6) is 0 Å². The Morgan fingerprint density at radius 3 is 2.80 bits per heavy atom. The number of carbonyl (C=O) groups excluding carboxylic acids is 1. The summed E-state index contributed by atoms with van der Waals surface area (Å²) in [6, 6.07) is 0. The fourth-order valence-corrected chi connectivity index (χ4v) is 1.25. The SMILES string of the molecule is CC(CN(C)C)OC(=O)N1C=CC=CN1. The highest BCUT2D eigenvalue weighted by Crippen LogP contribution is 2.01. The third-order valence-corrected chi connectivity index (χ3v) is 1.78. The minimum atomic E-state index is -0.398. The highest BCUT2D eigenvalue weighted by atomic mass is 16.6. The van der Waals surface area contributed by atoms with E-state index in [-0.39, 0.29) is 6.10 Å². The summed E-state index contributed by atoms with van der Waals surface area (Å²) < 4.78 is 5.20. The van der Waals surface area contributed by atoms with E-state index < -0.39 is 6.09 Å². The minimum absolute atomic E-state index is 0.131. The standard InChI is InChI=1S/C10H17N3O2/c1-9(8-12(2)3)15-10(14)13-7-5-4-6-11-13/h4-7,9,11H,8H2,1-3H3. The predicted octanol–water partition coefficient (Wildman–Crippen LogP) is 0.921. The molecule has 1 amide bonds. The van der Waals surface area contributed by atoms with Crippen molar-refractivity contribution in [2.24, 2.45) is 0 Å². The zero-order valence-corrected chi connectivity index (χ0v) is 9.30. The first-order valence-electron chi connectivity index (χ1n) is 4.83. The summed E-state index contributed by atoms with van der Waals surface area (Å²) >= 11 is 0. The van der Waals surface area contributed by atoms with Crippen molar-refractivity contribution in [1.29, 1.82) is 0 Å². The van der Waals surface area contributed by atoms with Crippen LogP contribution in [0.2, 0.25) is 0 Å². The molecule has 0 aromatic carbocycles. The number of likely N-dealkylation sites (N-methyl/N-ethyl adjacent to an activating group) is 1. The molecule has 1 rings (SSSR count). The van der Waals surface area contributed by atoms with Crippen LogP contribution in [0, 0.1) is 0 Å². The van der Waals surface area contributed by atoms with Gasteiger partial charge in [0.1, 0.15) is 6.10 Å². The molecule has 5 heteroatoms. The van der Waals surface area contributed by atoms with Gasteiger partial charge in [-0.1, -0.05) is 0 Å². The Bertz CT molecular complexity index is 274. The van der Waals surface area contributed by atoms with Gasteiger partial charge in [-0.2, -0.15) is 5.01 Å². The summed E-state index contributed by atoms with van der Waals surface area (Å²) in [6.07, 6.45) is 6.31. The second kappa shape index (κ2) is 5.41. The van der Waals surface area contributed by atoms with Gasteiger partial charge in [0.05, 0.1) is 0 Å². The molecule has 0 aromatic rings. The molecule has 15 heavy (non-hydrogen) atoms. The summed E-state index contributed by atoms with van der Waals surface area (Å²) in [5, 5.41) is 1.30. The highest BCUT2D eigenvalue weighted by molar-refractivity contribution is 5.68. The summed E-state index contributed by atoms with van der Waals surface area (Å²) in [7, 11) is 3.87. The normalized spacial score (nSPS) is 16.4. The number of hydrogen-bond acceptors (Lipinski definition) is 4. The molecule has 1 aliphatic rings. The second-order valence-electron chi connectivity index (χ2n) is 3.66. The minimum Gasteiger partial charge on any atom is -0.444 e. The number of hydrogen-bond donors (Lipinski definition) is 1. The van der Waals surface area contributed by atoms with Crippen molar-refractivity contribution in [2.75, 3.05) is 20.6 Å². The molecule has 1 N–H and O–H groups in total. The Morgan fingerprint density at radius 2 is 2.27 bits per heavy atom. The molecule has 1 atom stereocenters. The predicted molar refractivity (Wildman–Crippen MR) is 57.8 cm³/mol. The van der Waals surface area contributed by atoms with Gasteiger partial charge in [0.2, 0.25) is 0 Å². The summed E-state index contributed by atoms with van der Waals surface area (Å²) in [5.41, 5.74) is 2.76. The fourth-order valence-electron chi connectivity index (χ4n) is 1.25. The zero-order chi connectivity index (χ0) is 11.3. The summed E-state index contributed by atoms with van der Waals surface area (Å²) in [5.74, 6) is 0. The Labute approximate surface area is 90.0 Å². The lowest BCUT2D eigenvalue weighted by Crippen LogP contribution is -2.40. The molecule has 5 nitrogen and oxygen atoms in total. The molecule has 0 saturated carbocycles. The van der Waals surface area contributed by atoms with E-state index in [1.807, 2.05) is 25.9 Å². The van der Waals surface area contributed by atoms with Gasteiger partial charge in [0.15, 0.2) is 0 Å². The lowest BCUT2D eigenvalue weighted by atomic mass is 10.4. The average molecular weight is 211 g/mol. The maximum atomic E-state index is 11.5. The summed E-state index contributed by atoms with van der Waals surface area (Å²) in [6.45, 7) is 2.57. The third-order valence-electron chi connectivity index (χ3n) is 1.78. The number of allylic oxidation sites excluding steroid dienone is 2. The van der Waals surface area contributed by atoms with Crippen molar-refractivity contribution in [3.63, 3.8) is 0 Å². The topological polar surface area (TPSA) is 44.8 Å². The highest BCUT2D eigenvalue weighted by Gasteiger charge is 2.15. The van der Waals surface area contributed by atoms with Gasteiger partial charge >= 0.3 is 6.09 Å². The van der Waals surface area contributed by atoms with Crippen molar-refractivity contribution < 1.29 is 9.53 Å². The number of carbonyl (C=O) groups is 1. The molecule has 0 bridgehead atoms. The van der Waals surface area contributed by atoms with E-state index in [1.54, 1.807) is 24.6 Å². The lowest BCUT2D eigenvalue weighted by Gasteiger charge is -2.23. The molecular weight excluding hydrogens is 194 g/mol. The second-order valence-corrected chi connectivity index (χ2v) is 3.66. The number of amides is 1. The maximum absolute atomic E-state index is 11.5. The number of nitrogens with zero attached hydrogens (tertiary/aromatic N) is 2. The molecule has 0 aliphatic carbocycles. The number of nitrogens with one attached hydrogen (secondary N) is 1. The zero-order valence-electron chi connectivity index (χ0n) is 9.30. The molecule has 1 unspecified atom stereocenters. The van der Waals surface area contributed by atoms with Gasteiger partial charge in [-0.15, -0.1) is 0 Å². The fraction of sp³-hybridized carbons (Fsp3) is 0.500. The molecule has 0 aromatic heterocycles. The van der Waals surface area contributed by atoms with Crippen LogP contribution in [-0.4, -0.2) is 42.7 Å². The molecule has 0 fully saturated rings. The maximum Gasteiger partial charge on any atom is 0.433 e. The summed E-state index contributed by atoms with van der Waals surface area (Å²) in [4.78, 5) is 13.5. The van der Waals surface area contributed by atoms with Crippen molar-refractivity contribution in [3.8, 4) is 0 Å². The van der Waals surface area contributed by atoms with E-state index in [0.29, 0.717) is 6.54 Å². The van der Waals surface area contributed by atoms with Crippen molar-refractivity contribution in [1.82, 2.24) is 15.3 Å². The lowest BCUT2D eigenvalue weighted by molar-refractivity contribution is 0.0624. The smallest absolute Gasteiger partial charge is 0.433 e. The monoisotopic (exact) mass is 211 g/mol. The number of hydrazine groups is 1. The van der Waals surface area contributed by atoms with E-state index in [2.05, 4.69) is 5.43 Å². The van der Waals surface area contributed by atoms with Crippen molar-refractivity contribution >= 4 is 6.09 Å². The molecule has 0 saturated heterocycles. The quantitative estimate of drug-likeness (QED) is 0.754. The van der Waals surface area contributed by atoms with Crippen molar-refractivity contribution in [2.45, 2.75) is 13.0 Å². The molecule has 1 aliphatic heterocycles. The van der Waals surface area contributed by atoms with Crippen molar-refractivity contribution in [3.05, 3.63) is 24.6 Å². The Hall–Kier alpha value is -1.49. The van der Waals surface area contributed by atoms with Crippen LogP contribution in [0.1, 0.15) is 6.92 Å². The van der Waals surface area contributed by atoms with Crippen LogP contribution in [0.4, 0.5) is 4.79 Å². The number of ether oxygens (including phenoxy) is 1. The van der Waals surface area contributed by atoms with Crippen LogP contribution in [0.25, 0.3) is 0 Å². The first kappa shape index (κ1) is 11.6. The number of rotatable bonds is 3. The Balaban J connectivity index is 2.35. The average Bonchev–Trinajstić information content (AvgIpc) is 2.17. The Morgan fingerprint density at radius 1 is 1.53 bits per heavy atom. The van der Waals surface area contributed by atoms with E-state index >= 15 is 0 Å². The molecular formula is C10H17N3O2. The van der Waals surface area contributed by atoms with Crippen LogP contribution in [0.3, 0.4) is 0 Å². The van der Waals surface area contributed by atoms with E-state index in [0.717, 1.165) is 0 Å². The van der Waals surface area contributed by atoms with Gasteiger partial charge in [0, 0.05) is 18.9 Å². The third kappa shape index (κ3) is 4.03. The van der Waals surface area contributed by atoms with Crippen LogP contribution in [0.15, 0.2) is 24.6 Å². The molecule has 0 spiro atoms.